The van der Waals surface area contributed by atoms with Crippen LogP contribution < -0.4 is 5.32 Å². The van der Waals surface area contributed by atoms with Crippen LogP contribution in [0.2, 0.25) is 5.02 Å². The molecule has 96 valence electrons. The summed E-state index contributed by atoms with van der Waals surface area (Å²) < 4.78 is 0. The first kappa shape index (κ1) is 14.3. The van der Waals surface area contributed by atoms with Crippen molar-refractivity contribution in [2.45, 2.75) is 26.3 Å². The van der Waals surface area contributed by atoms with E-state index in [2.05, 4.69) is 11.4 Å². The van der Waals surface area contributed by atoms with Crippen LogP contribution in [0.25, 0.3) is 0 Å². The third kappa shape index (κ3) is 3.94. The standard InChI is InChI=1S/C13H15ClN2O2/c1-8(2)11(6-13(17)18)16-12-5-10(14)4-3-9(12)7-15/h3-5,8,11,16H,6H2,1-2H3,(H,17,18). The third-order valence-corrected chi connectivity index (χ3v) is 2.88. The smallest absolute Gasteiger partial charge is 0.305 e. The van der Waals surface area contributed by atoms with E-state index in [-0.39, 0.29) is 18.4 Å². The number of hydrogen-bond donors (Lipinski definition) is 2. The lowest BCUT2D eigenvalue weighted by Crippen LogP contribution is -2.28. The summed E-state index contributed by atoms with van der Waals surface area (Å²) in [4.78, 5) is 10.8. The lowest BCUT2D eigenvalue weighted by molar-refractivity contribution is -0.137. The summed E-state index contributed by atoms with van der Waals surface area (Å²) in [5.74, 6) is -0.742. The maximum Gasteiger partial charge on any atom is 0.305 e. The summed E-state index contributed by atoms with van der Waals surface area (Å²) in [6.07, 6.45) is -0.00491. The summed E-state index contributed by atoms with van der Waals surface area (Å²) in [7, 11) is 0. The molecule has 0 bridgehead atoms. The molecule has 0 saturated carbocycles. The van der Waals surface area contributed by atoms with Gasteiger partial charge >= 0.3 is 5.97 Å². The largest absolute Gasteiger partial charge is 0.481 e. The predicted octanol–water partition coefficient (Wildman–Crippen LogP) is 3.12. The fourth-order valence-corrected chi connectivity index (χ4v) is 1.75. The van der Waals surface area contributed by atoms with E-state index in [4.69, 9.17) is 22.0 Å². The molecule has 4 nitrogen and oxygen atoms in total. The van der Waals surface area contributed by atoms with Crippen LogP contribution in [0.3, 0.4) is 0 Å². The van der Waals surface area contributed by atoms with E-state index < -0.39 is 5.97 Å². The molecule has 0 radical (unpaired) electrons. The van der Waals surface area contributed by atoms with Crippen LogP contribution in [0.4, 0.5) is 5.69 Å². The molecule has 2 N–H and O–H groups in total. The Bertz CT molecular complexity index is 480. The van der Waals surface area contributed by atoms with Crippen molar-refractivity contribution in [1.29, 1.82) is 5.26 Å². The minimum Gasteiger partial charge on any atom is -0.481 e. The van der Waals surface area contributed by atoms with E-state index in [0.717, 1.165) is 0 Å². The highest BCUT2D eigenvalue weighted by atomic mass is 35.5. The molecule has 1 unspecified atom stereocenters. The van der Waals surface area contributed by atoms with E-state index >= 15 is 0 Å². The average molecular weight is 267 g/mol. The molecule has 0 amide bonds. The van der Waals surface area contributed by atoms with Crippen LogP contribution in [-0.4, -0.2) is 17.1 Å². The first-order valence-electron chi connectivity index (χ1n) is 5.62. The summed E-state index contributed by atoms with van der Waals surface area (Å²) in [5.41, 5.74) is 1.03. The van der Waals surface area contributed by atoms with E-state index in [0.29, 0.717) is 16.3 Å². The van der Waals surface area contributed by atoms with Crippen LogP contribution in [0.5, 0.6) is 0 Å². The number of anilines is 1. The molecule has 0 aliphatic heterocycles. The Kier molecular flexibility index (Phi) is 4.99. The highest BCUT2D eigenvalue weighted by molar-refractivity contribution is 6.30. The number of benzene rings is 1. The molecule has 1 rings (SSSR count). The first-order valence-corrected chi connectivity index (χ1v) is 5.99. The lowest BCUT2D eigenvalue weighted by Gasteiger charge is -2.22. The van der Waals surface area contributed by atoms with Crippen LogP contribution in [0.15, 0.2) is 18.2 Å². The number of nitrogens with zero attached hydrogens (tertiary/aromatic N) is 1. The predicted molar refractivity (Wildman–Crippen MR) is 70.7 cm³/mol. The second-order valence-electron chi connectivity index (χ2n) is 4.39. The van der Waals surface area contributed by atoms with Crippen LogP contribution in [0.1, 0.15) is 25.8 Å². The van der Waals surface area contributed by atoms with Crippen LogP contribution in [-0.2, 0) is 4.79 Å². The second kappa shape index (κ2) is 6.27. The summed E-state index contributed by atoms with van der Waals surface area (Å²) >= 11 is 5.88. The highest BCUT2D eigenvalue weighted by Crippen LogP contribution is 2.23. The van der Waals surface area contributed by atoms with Gasteiger partial charge in [0.15, 0.2) is 0 Å². The van der Waals surface area contributed by atoms with Crippen molar-refractivity contribution < 1.29 is 9.90 Å². The Morgan fingerprint density at radius 1 is 1.56 bits per heavy atom. The molecule has 0 aromatic heterocycles. The Balaban J connectivity index is 2.96. The molecule has 1 atom stereocenters. The van der Waals surface area contributed by atoms with Gasteiger partial charge in [-0.3, -0.25) is 4.79 Å². The van der Waals surface area contributed by atoms with E-state index in [1.807, 2.05) is 13.8 Å². The van der Waals surface area contributed by atoms with Crippen molar-refractivity contribution in [3.63, 3.8) is 0 Å². The fraction of sp³-hybridized carbons (Fsp3) is 0.385. The Morgan fingerprint density at radius 3 is 2.72 bits per heavy atom. The van der Waals surface area contributed by atoms with Gasteiger partial charge in [0.1, 0.15) is 6.07 Å². The molecule has 5 heteroatoms. The number of aliphatic carboxylic acids is 1. The SMILES string of the molecule is CC(C)C(CC(=O)O)Nc1cc(Cl)ccc1C#N. The normalized spacial score (nSPS) is 11.9. The Hall–Kier alpha value is -1.73. The summed E-state index contributed by atoms with van der Waals surface area (Å²) in [6, 6.07) is 6.69. The summed E-state index contributed by atoms with van der Waals surface area (Å²) in [5, 5.41) is 21.4. The van der Waals surface area contributed by atoms with Gasteiger partial charge in [-0.05, 0) is 24.1 Å². The van der Waals surface area contributed by atoms with Gasteiger partial charge in [0.2, 0.25) is 0 Å². The van der Waals surface area contributed by atoms with Crippen molar-refractivity contribution in [2.75, 3.05) is 5.32 Å². The van der Waals surface area contributed by atoms with Gasteiger partial charge in [0.25, 0.3) is 0 Å². The van der Waals surface area contributed by atoms with E-state index in [9.17, 15) is 4.79 Å². The number of nitrogens with one attached hydrogen (secondary N) is 1. The third-order valence-electron chi connectivity index (χ3n) is 2.64. The Morgan fingerprint density at radius 2 is 2.22 bits per heavy atom. The number of carboxylic acids is 1. The van der Waals surface area contributed by atoms with Gasteiger partial charge in [0.05, 0.1) is 17.7 Å². The Labute approximate surface area is 111 Å². The fourth-order valence-electron chi connectivity index (χ4n) is 1.57. The number of hydrogen-bond acceptors (Lipinski definition) is 3. The van der Waals surface area contributed by atoms with Crippen molar-refractivity contribution in [3.05, 3.63) is 28.8 Å². The molecular formula is C13H15ClN2O2. The number of rotatable bonds is 5. The van der Waals surface area contributed by atoms with Gasteiger partial charge in [-0.25, -0.2) is 0 Å². The maximum atomic E-state index is 10.8. The molecule has 0 aliphatic carbocycles. The van der Waals surface area contributed by atoms with Crippen LogP contribution in [0, 0.1) is 17.2 Å². The summed E-state index contributed by atoms with van der Waals surface area (Å²) in [6.45, 7) is 3.86. The van der Waals surface area contributed by atoms with Crippen molar-refractivity contribution in [1.82, 2.24) is 0 Å². The van der Waals surface area contributed by atoms with Gasteiger partial charge in [0, 0.05) is 11.1 Å². The van der Waals surface area contributed by atoms with Crippen molar-refractivity contribution >= 4 is 23.3 Å². The first-order chi connectivity index (χ1) is 8.43. The van der Waals surface area contributed by atoms with Gasteiger partial charge in [-0.1, -0.05) is 25.4 Å². The molecule has 1 aromatic rings. The quantitative estimate of drug-likeness (QED) is 0.859. The number of halogens is 1. The van der Waals surface area contributed by atoms with Crippen molar-refractivity contribution in [2.24, 2.45) is 5.92 Å². The average Bonchev–Trinajstić information content (AvgIpc) is 2.27. The minimum atomic E-state index is -0.873. The van der Waals surface area contributed by atoms with E-state index in [1.165, 1.54) is 0 Å². The monoisotopic (exact) mass is 266 g/mol. The molecule has 0 aliphatic rings. The molecule has 0 fully saturated rings. The maximum absolute atomic E-state index is 10.8. The molecule has 0 saturated heterocycles. The van der Waals surface area contributed by atoms with Gasteiger partial charge in [-0.15, -0.1) is 0 Å². The van der Waals surface area contributed by atoms with E-state index in [1.54, 1.807) is 18.2 Å². The molecule has 1 aromatic carbocycles. The minimum absolute atomic E-state index is 0.00491. The van der Waals surface area contributed by atoms with Gasteiger partial charge < -0.3 is 10.4 Å². The zero-order valence-electron chi connectivity index (χ0n) is 10.3. The van der Waals surface area contributed by atoms with Crippen LogP contribution >= 0.6 is 11.6 Å². The molecule has 18 heavy (non-hydrogen) atoms. The highest BCUT2D eigenvalue weighted by Gasteiger charge is 2.18. The van der Waals surface area contributed by atoms with Crippen molar-refractivity contribution in [3.8, 4) is 6.07 Å². The van der Waals surface area contributed by atoms with Gasteiger partial charge in [-0.2, -0.15) is 5.26 Å². The zero-order chi connectivity index (χ0) is 13.7. The molecular weight excluding hydrogens is 252 g/mol. The zero-order valence-corrected chi connectivity index (χ0v) is 11.0. The second-order valence-corrected chi connectivity index (χ2v) is 4.83. The number of nitriles is 1. The number of carbonyl (C=O) groups is 1. The molecule has 0 heterocycles. The molecule has 0 spiro atoms. The number of carboxylic acid groups (broad SMARTS) is 1. The topological polar surface area (TPSA) is 73.1 Å². The lowest BCUT2D eigenvalue weighted by atomic mass is 10.00.